The Morgan fingerprint density at radius 1 is 1.58 bits per heavy atom. The van der Waals surface area contributed by atoms with Crippen molar-refractivity contribution in [2.45, 2.75) is 19.3 Å². The number of hydrogen-bond acceptors (Lipinski definition) is 3. The van der Waals surface area contributed by atoms with E-state index in [4.69, 9.17) is 11.6 Å². The number of nitrogens with zero attached hydrogens (tertiary/aromatic N) is 1. The van der Waals surface area contributed by atoms with E-state index in [1.807, 2.05) is 24.1 Å². The lowest BCUT2D eigenvalue weighted by atomic mass is 10.1. The second-order valence-corrected chi connectivity index (χ2v) is 6.56. The molecule has 1 saturated heterocycles. The molecule has 1 unspecified atom stereocenters. The number of carbonyl (C=O) groups excluding carboxylic acids is 1. The van der Waals surface area contributed by atoms with E-state index in [2.05, 4.69) is 5.32 Å². The largest absolute Gasteiger partial charge is 0.342 e. The van der Waals surface area contributed by atoms with Crippen LogP contribution in [0.3, 0.4) is 0 Å². The molecule has 19 heavy (non-hydrogen) atoms. The predicted octanol–water partition coefficient (Wildman–Crippen LogP) is 2.82. The van der Waals surface area contributed by atoms with Crippen molar-refractivity contribution in [3.8, 4) is 0 Å². The molecule has 1 N–H and O–H groups in total. The van der Waals surface area contributed by atoms with Crippen LogP contribution in [0.15, 0.2) is 12.1 Å². The van der Waals surface area contributed by atoms with E-state index in [9.17, 15) is 4.79 Å². The Morgan fingerprint density at radius 3 is 3.00 bits per heavy atom. The third-order valence-electron chi connectivity index (χ3n) is 3.35. The number of amides is 1. The molecule has 0 spiro atoms. The molecule has 3 nitrogen and oxygen atoms in total. The zero-order valence-corrected chi connectivity index (χ0v) is 13.4. The number of hydrogen-bond donors (Lipinski definition) is 1. The van der Waals surface area contributed by atoms with Crippen LogP contribution in [-0.2, 0) is 11.2 Å². The molecule has 1 aromatic rings. The van der Waals surface area contributed by atoms with E-state index in [0.29, 0.717) is 12.3 Å². The SMILES string of the molecule is CNCC1CCN(C(=O)CCc2ccc(Cl)s2)C1.Cl. The van der Waals surface area contributed by atoms with Crippen LogP contribution >= 0.6 is 35.3 Å². The van der Waals surface area contributed by atoms with Gasteiger partial charge < -0.3 is 10.2 Å². The first-order chi connectivity index (χ1) is 8.69. The van der Waals surface area contributed by atoms with E-state index < -0.39 is 0 Å². The summed E-state index contributed by atoms with van der Waals surface area (Å²) in [5.74, 6) is 0.897. The van der Waals surface area contributed by atoms with E-state index >= 15 is 0 Å². The molecule has 1 aliphatic rings. The Labute approximate surface area is 129 Å². The number of thiophene rings is 1. The lowest BCUT2D eigenvalue weighted by molar-refractivity contribution is -0.130. The highest BCUT2D eigenvalue weighted by Crippen LogP contribution is 2.23. The summed E-state index contributed by atoms with van der Waals surface area (Å²) in [5, 5.41) is 3.18. The highest BCUT2D eigenvalue weighted by atomic mass is 35.5. The minimum Gasteiger partial charge on any atom is -0.342 e. The number of likely N-dealkylation sites (tertiary alicyclic amines) is 1. The van der Waals surface area contributed by atoms with E-state index in [1.54, 1.807) is 11.3 Å². The molecule has 0 bridgehead atoms. The first kappa shape index (κ1) is 16.8. The van der Waals surface area contributed by atoms with Gasteiger partial charge >= 0.3 is 0 Å². The molecule has 1 amide bonds. The smallest absolute Gasteiger partial charge is 0.222 e. The fourth-order valence-electron chi connectivity index (χ4n) is 2.39. The van der Waals surface area contributed by atoms with Gasteiger partial charge in [0.25, 0.3) is 0 Å². The van der Waals surface area contributed by atoms with Gasteiger partial charge in [-0.05, 0) is 44.5 Å². The summed E-state index contributed by atoms with van der Waals surface area (Å²) in [4.78, 5) is 15.2. The third kappa shape index (κ3) is 4.95. The second kappa shape index (κ2) is 8.10. The van der Waals surface area contributed by atoms with Crippen LogP contribution in [0.2, 0.25) is 4.34 Å². The summed E-state index contributed by atoms with van der Waals surface area (Å²) >= 11 is 7.44. The van der Waals surface area contributed by atoms with Crippen LogP contribution in [0.5, 0.6) is 0 Å². The zero-order chi connectivity index (χ0) is 13.0. The molecule has 2 heterocycles. The Bertz CT molecular complexity index is 411. The lowest BCUT2D eigenvalue weighted by Crippen LogP contribution is -2.30. The fraction of sp³-hybridized carbons (Fsp3) is 0.615. The first-order valence-corrected chi connectivity index (χ1v) is 7.55. The quantitative estimate of drug-likeness (QED) is 0.904. The molecule has 108 valence electrons. The van der Waals surface area contributed by atoms with Gasteiger partial charge in [-0.1, -0.05) is 11.6 Å². The first-order valence-electron chi connectivity index (χ1n) is 6.35. The lowest BCUT2D eigenvalue weighted by Gasteiger charge is -2.16. The van der Waals surface area contributed by atoms with E-state index in [1.165, 1.54) is 4.88 Å². The van der Waals surface area contributed by atoms with Gasteiger partial charge in [0, 0.05) is 24.4 Å². The summed E-state index contributed by atoms with van der Waals surface area (Å²) in [5.41, 5.74) is 0. The third-order valence-corrected chi connectivity index (χ3v) is 4.64. The average molecular weight is 323 g/mol. The number of carbonyl (C=O) groups is 1. The zero-order valence-electron chi connectivity index (χ0n) is 11.0. The highest BCUT2D eigenvalue weighted by Gasteiger charge is 2.25. The van der Waals surface area contributed by atoms with Crippen molar-refractivity contribution in [1.29, 1.82) is 0 Å². The van der Waals surface area contributed by atoms with Crippen LogP contribution in [0, 0.1) is 5.92 Å². The van der Waals surface area contributed by atoms with Crippen molar-refractivity contribution >= 4 is 41.3 Å². The molecular weight excluding hydrogens is 303 g/mol. The van der Waals surface area contributed by atoms with Crippen molar-refractivity contribution in [3.05, 3.63) is 21.3 Å². The number of aryl methyl sites for hydroxylation is 1. The van der Waals surface area contributed by atoms with Gasteiger partial charge in [-0.15, -0.1) is 23.7 Å². The molecule has 1 aliphatic heterocycles. The Hall–Kier alpha value is -0.290. The molecule has 2 rings (SSSR count). The number of rotatable bonds is 5. The molecule has 1 aromatic heterocycles. The van der Waals surface area contributed by atoms with Gasteiger partial charge in [-0.3, -0.25) is 4.79 Å². The van der Waals surface area contributed by atoms with Crippen molar-refractivity contribution in [2.24, 2.45) is 5.92 Å². The van der Waals surface area contributed by atoms with Gasteiger partial charge in [-0.2, -0.15) is 0 Å². The standard InChI is InChI=1S/C13H19ClN2OS.ClH/c1-15-8-10-6-7-16(9-10)13(17)5-3-11-2-4-12(14)18-11;/h2,4,10,15H,3,5-9H2,1H3;1H. The molecule has 0 saturated carbocycles. The highest BCUT2D eigenvalue weighted by molar-refractivity contribution is 7.16. The van der Waals surface area contributed by atoms with Gasteiger partial charge in [0.05, 0.1) is 4.34 Å². The second-order valence-electron chi connectivity index (χ2n) is 4.76. The van der Waals surface area contributed by atoms with E-state index in [0.717, 1.165) is 36.8 Å². The van der Waals surface area contributed by atoms with Crippen molar-refractivity contribution in [2.75, 3.05) is 26.7 Å². The summed E-state index contributed by atoms with van der Waals surface area (Å²) in [6.07, 6.45) is 2.53. The maximum atomic E-state index is 12.1. The molecule has 0 aliphatic carbocycles. The Kier molecular flexibility index (Phi) is 7.15. The molecular formula is C13H20Cl2N2OS. The van der Waals surface area contributed by atoms with E-state index in [-0.39, 0.29) is 18.3 Å². The van der Waals surface area contributed by atoms with Gasteiger partial charge in [-0.25, -0.2) is 0 Å². The summed E-state index contributed by atoms with van der Waals surface area (Å²) in [6, 6.07) is 3.90. The fourth-order valence-corrected chi connectivity index (χ4v) is 3.48. The Balaban J connectivity index is 0.00000180. The summed E-state index contributed by atoms with van der Waals surface area (Å²) in [7, 11) is 1.96. The summed E-state index contributed by atoms with van der Waals surface area (Å²) < 4.78 is 0.799. The van der Waals surface area contributed by atoms with Crippen molar-refractivity contribution in [1.82, 2.24) is 10.2 Å². The summed E-state index contributed by atoms with van der Waals surface area (Å²) in [6.45, 7) is 2.82. The molecule has 1 fully saturated rings. The number of nitrogens with one attached hydrogen (secondary N) is 1. The normalized spacial score (nSPS) is 18.4. The monoisotopic (exact) mass is 322 g/mol. The van der Waals surface area contributed by atoms with Crippen molar-refractivity contribution < 1.29 is 4.79 Å². The Morgan fingerprint density at radius 2 is 2.37 bits per heavy atom. The maximum absolute atomic E-state index is 12.1. The average Bonchev–Trinajstić information content (AvgIpc) is 2.96. The van der Waals surface area contributed by atoms with Crippen LogP contribution in [0.25, 0.3) is 0 Å². The maximum Gasteiger partial charge on any atom is 0.222 e. The minimum absolute atomic E-state index is 0. The van der Waals surface area contributed by atoms with Gasteiger partial charge in [0.15, 0.2) is 0 Å². The molecule has 0 aromatic carbocycles. The van der Waals surface area contributed by atoms with Crippen LogP contribution < -0.4 is 5.32 Å². The molecule has 6 heteroatoms. The van der Waals surface area contributed by atoms with Gasteiger partial charge in [0.2, 0.25) is 5.91 Å². The molecule has 1 atom stereocenters. The predicted molar refractivity (Wildman–Crippen MR) is 83.5 cm³/mol. The number of halogens is 2. The molecule has 0 radical (unpaired) electrons. The van der Waals surface area contributed by atoms with Crippen LogP contribution in [-0.4, -0.2) is 37.5 Å². The van der Waals surface area contributed by atoms with Crippen LogP contribution in [0.4, 0.5) is 0 Å². The van der Waals surface area contributed by atoms with Crippen molar-refractivity contribution in [3.63, 3.8) is 0 Å². The van der Waals surface area contributed by atoms with Crippen LogP contribution in [0.1, 0.15) is 17.7 Å². The topological polar surface area (TPSA) is 32.3 Å². The van der Waals surface area contributed by atoms with Gasteiger partial charge in [0.1, 0.15) is 0 Å². The minimum atomic E-state index is 0.